The minimum absolute atomic E-state index is 0.124. The summed E-state index contributed by atoms with van der Waals surface area (Å²) in [4.78, 5) is 14.8. The van der Waals surface area contributed by atoms with Crippen molar-refractivity contribution in [3.8, 4) is 0 Å². The molecular weight excluding hydrogens is 316 g/mol. The van der Waals surface area contributed by atoms with E-state index in [1.54, 1.807) is 0 Å². The van der Waals surface area contributed by atoms with Crippen LogP contribution in [0.1, 0.15) is 49.0 Å². The molecule has 0 bridgehead atoms. The molecule has 1 aromatic rings. The fraction of sp³-hybridized carbons (Fsp3) is 0.562. The Morgan fingerprint density at radius 1 is 1.45 bits per heavy atom. The Bertz CT molecular complexity index is 509. The Morgan fingerprint density at radius 3 is 2.65 bits per heavy atom. The highest BCUT2D eigenvalue weighted by molar-refractivity contribution is 9.10. The second-order valence-electron chi connectivity index (χ2n) is 6.08. The molecule has 1 aromatic carbocycles. The summed E-state index contributed by atoms with van der Waals surface area (Å²) < 4.78 is 0.864. The average molecular weight is 339 g/mol. The normalized spacial score (nSPS) is 14.7. The minimum Gasteiger partial charge on any atom is -0.398 e. The van der Waals surface area contributed by atoms with Gasteiger partial charge in [0.25, 0.3) is 5.91 Å². The summed E-state index contributed by atoms with van der Waals surface area (Å²) in [5, 5.41) is 0. The highest BCUT2D eigenvalue weighted by atomic mass is 79.9. The molecule has 2 rings (SSSR count). The standard InChI is InChI=1S/C16H23BrN2O/c1-10(2)6-7-19(13-4-5-13)16(20)14-8-12(17)9-15(18)11(14)3/h8-10,13H,4-7,18H2,1-3H3. The largest absolute Gasteiger partial charge is 0.398 e. The van der Waals surface area contributed by atoms with Crippen molar-refractivity contribution in [2.45, 2.75) is 46.1 Å². The van der Waals surface area contributed by atoms with Crippen LogP contribution < -0.4 is 5.73 Å². The molecule has 20 heavy (non-hydrogen) atoms. The molecule has 0 saturated heterocycles. The van der Waals surface area contributed by atoms with Gasteiger partial charge in [-0.1, -0.05) is 29.8 Å². The number of nitrogens with two attached hydrogens (primary N) is 1. The predicted octanol–water partition coefficient (Wildman–Crippen LogP) is 3.99. The maximum atomic E-state index is 12.8. The van der Waals surface area contributed by atoms with Crippen molar-refractivity contribution >= 4 is 27.5 Å². The van der Waals surface area contributed by atoms with Crippen molar-refractivity contribution < 1.29 is 4.79 Å². The number of hydrogen-bond acceptors (Lipinski definition) is 2. The maximum absolute atomic E-state index is 12.8. The molecule has 0 spiro atoms. The van der Waals surface area contributed by atoms with Crippen molar-refractivity contribution in [3.05, 3.63) is 27.7 Å². The van der Waals surface area contributed by atoms with Crippen molar-refractivity contribution in [3.63, 3.8) is 0 Å². The number of nitrogen functional groups attached to an aromatic ring is 1. The summed E-state index contributed by atoms with van der Waals surface area (Å²) in [7, 11) is 0. The third kappa shape index (κ3) is 3.54. The fourth-order valence-corrected chi connectivity index (χ4v) is 2.79. The van der Waals surface area contributed by atoms with Crippen LogP contribution >= 0.6 is 15.9 Å². The van der Waals surface area contributed by atoms with Crippen molar-refractivity contribution in [2.75, 3.05) is 12.3 Å². The molecule has 0 unspecified atom stereocenters. The number of carbonyl (C=O) groups is 1. The Hall–Kier alpha value is -1.03. The van der Waals surface area contributed by atoms with Crippen LogP contribution in [0.3, 0.4) is 0 Å². The van der Waals surface area contributed by atoms with Gasteiger partial charge >= 0.3 is 0 Å². The molecule has 110 valence electrons. The van der Waals surface area contributed by atoms with Gasteiger partial charge in [-0.3, -0.25) is 4.79 Å². The zero-order valence-corrected chi connectivity index (χ0v) is 14.0. The summed E-state index contributed by atoms with van der Waals surface area (Å²) in [5.41, 5.74) is 8.25. The van der Waals surface area contributed by atoms with Gasteiger partial charge in [-0.05, 0) is 49.8 Å². The third-order valence-electron chi connectivity index (χ3n) is 3.84. The number of rotatable bonds is 5. The van der Waals surface area contributed by atoms with Crippen LogP contribution in [0, 0.1) is 12.8 Å². The van der Waals surface area contributed by atoms with E-state index in [-0.39, 0.29) is 5.91 Å². The smallest absolute Gasteiger partial charge is 0.254 e. The van der Waals surface area contributed by atoms with Gasteiger partial charge in [-0.2, -0.15) is 0 Å². The summed E-state index contributed by atoms with van der Waals surface area (Å²) in [6.07, 6.45) is 3.31. The number of amides is 1. The minimum atomic E-state index is 0.124. The van der Waals surface area contributed by atoms with Gasteiger partial charge in [-0.15, -0.1) is 0 Å². The van der Waals surface area contributed by atoms with Crippen LogP contribution in [0.4, 0.5) is 5.69 Å². The first-order valence-electron chi connectivity index (χ1n) is 7.26. The van der Waals surface area contributed by atoms with Crippen LogP contribution in [-0.4, -0.2) is 23.4 Å². The number of hydrogen-bond donors (Lipinski definition) is 1. The summed E-state index contributed by atoms with van der Waals surface area (Å²) >= 11 is 3.43. The Kier molecular flexibility index (Phi) is 4.74. The monoisotopic (exact) mass is 338 g/mol. The van der Waals surface area contributed by atoms with Gasteiger partial charge in [0.2, 0.25) is 0 Å². The highest BCUT2D eigenvalue weighted by Gasteiger charge is 2.33. The quantitative estimate of drug-likeness (QED) is 0.825. The van der Waals surface area contributed by atoms with Crippen molar-refractivity contribution in [1.82, 2.24) is 4.90 Å². The van der Waals surface area contributed by atoms with E-state index in [1.807, 2.05) is 24.0 Å². The van der Waals surface area contributed by atoms with Crippen molar-refractivity contribution in [2.24, 2.45) is 5.92 Å². The number of anilines is 1. The summed E-state index contributed by atoms with van der Waals surface area (Å²) in [6.45, 7) is 7.14. The highest BCUT2D eigenvalue weighted by Crippen LogP contribution is 2.31. The lowest BCUT2D eigenvalue weighted by Crippen LogP contribution is -2.35. The van der Waals surface area contributed by atoms with Crippen molar-refractivity contribution in [1.29, 1.82) is 0 Å². The van der Waals surface area contributed by atoms with Crippen LogP contribution in [0.15, 0.2) is 16.6 Å². The van der Waals surface area contributed by atoms with Gasteiger partial charge in [0.05, 0.1) is 0 Å². The third-order valence-corrected chi connectivity index (χ3v) is 4.30. The first-order valence-corrected chi connectivity index (χ1v) is 8.06. The number of halogens is 1. The van der Waals surface area contributed by atoms with Gasteiger partial charge in [0.15, 0.2) is 0 Å². The molecule has 1 aliphatic carbocycles. The number of carbonyl (C=O) groups excluding carboxylic acids is 1. The molecule has 0 atom stereocenters. The van der Waals surface area contributed by atoms with E-state index in [4.69, 9.17) is 5.73 Å². The first kappa shape index (κ1) is 15.4. The second-order valence-corrected chi connectivity index (χ2v) is 7.00. The van der Waals surface area contributed by atoms with E-state index < -0.39 is 0 Å². The van der Waals surface area contributed by atoms with Gasteiger partial charge < -0.3 is 10.6 Å². The van der Waals surface area contributed by atoms with E-state index in [9.17, 15) is 4.79 Å². The molecule has 0 radical (unpaired) electrons. The molecule has 3 nitrogen and oxygen atoms in total. The second kappa shape index (κ2) is 6.17. The number of benzene rings is 1. The van der Waals surface area contributed by atoms with Crippen LogP contribution in [0.25, 0.3) is 0 Å². The average Bonchev–Trinajstić information content (AvgIpc) is 3.17. The summed E-state index contributed by atoms with van der Waals surface area (Å²) in [5.74, 6) is 0.733. The molecule has 0 aromatic heterocycles. The molecule has 0 aliphatic heterocycles. The molecule has 1 fully saturated rings. The fourth-order valence-electron chi connectivity index (χ4n) is 2.31. The van der Waals surface area contributed by atoms with E-state index in [0.717, 1.165) is 41.4 Å². The topological polar surface area (TPSA) is 46.3 Å². The van der Waals surface area contributed by atoms with Gasteiger partial charge in [0, 0.05) is 28.3 Å². The molecular formula is C16H23BrN2O. The Morgan fingerprint density at radius 2 is 2.10 bits per heavy atom. The zero-order valence-electron chi connectivity index (χ0n) is 12.4. The van der Waals surface area contributed by atoms with E-state index >= 15 is 0 Å². The molecule has 1 amide bonds. The lowest BCUT2D eigenvalue weighted by atomic mass is 10.0. The van der Waals surface area contributed by atoms with E-state index in [1.165, 1.54) is 0 Å². The molecule has 2 N–H and O–H groups in total. The lowest BCUT2D eigenvalue weighted by molar-refractivity contribution is 0.0734. The zero-order chi connectivity index (χ0) is 14.9. The van der Waals surface area contributed by atoms with Crippen LogP contribution in [0.5, 0.6) is 0 Å². The Balaban J connectivity index is 2.23. The predicted molar refractivity (Wildman–Crippen MR) is 86.8 cm³/mol. The molecule has 1 aliphatic rings. The lowest BCUT2D eigenvalue weighted by Gasteiger charge is -2.24. The van der Waals surface area contributed by atoms with Gasteiger partial charge in [0.1, 0.15) is 0 Å². The molecule has 1 saturated carbocycles. The first-order chi connectivity index (χ1) is 9.40. The van der Waals surface area contributed by atoms with Crippen LogP contribution in [0.2, 0.25) is 0 Å². The Labute approximate surface area is 129 Å². The summed E-state index contributed by atoms with van der Waals surface area (Å²) in [6, 6.07) is 4.17. The van der Waals surface area contributed by atoms with Crippen LogP contribution in [-0.2, 0) is 0 Å². The van der Waals surface area contributed by atoms with Gasteiger partial charge in [-0.25, -0.2) is 0 Å². The molecule has 4 heteroatoms. The SMILES string of the molecule is Cc1c(N)cc(Br)cc1C(=O)N(CCC(C)C)C1CC1. The maximum Gasteiger partial charge on any atom is 0.254 e. The number of nitrogens with zero attached hydrogens (tertiary/aromatic N) is 1. The van der Waals surface area contributed by atoms with E-state index in [2.05, 4.69) is 29.8 Å². The molecule has 0 heterocycles. The van der Waals surface area contributed by atoms with E-state index in [0.29, 0.717) is 17.6 Å².